The number of alkyl halides is 1. The lowest BCUT2D eigenvalue weighted by atomic mass is 9.93. The van der Waals surface area contributed by atoms with Crippen LogP contribution in [0.2, 0.25) is 0 Å². The van der Waals surface area contributed by atoms with E-state index < -0.39 is 17.4 Å². The van der Waals surface area contributed by atoms with E-state index in [-0.39, 0.29) is 43.7 Å². The smallest absolute Gasteiger partial charge is 0.410 e. The minimum absolute atomic E-state index is 0.0114. The predicted molar refractivity (Wildman–Crippen MR) is 113 cm³/mol. The maximum absolute atomic E-state index is 15.6. The molecule has 1 amide bonds. The Morgan fingerprint density at radius 2 is 2.00 bits per heavy atom. The summed E-state index contributed by atoms with van der Waals surface area (Å²) in [7, 11) is 0. The molecule has 0 unspecified atom stereocenters. The zero-order valence-electron chi connectivity index (χ0n) is 18.4. The van der Waals surface area contributed by atoms with Crippen molar-refractivity contribution in [3.8, 4) is 11.5 Å². The minimum atomic E-state index is -1.75. The fourth-order valence-corrected chi connectivity index (χ4v) is 3.94. The molecule has 170 valence electrons. The Bertz CT molecular complexity index is 1140. The van der Waals surface area contributed by atoms with Gasteiger partial charge in [0.05, 0.1) is 31.0 Å². The van der Waals surface area contributed by atoms with Crippen molar-refractivity contribution in [1.29, 1.82) is 0 Å². The second kappa shape index (κ2) is 7.54. The molecule has 0 radical (unpaired) electrons. The number of hydrogen-bond donors (Lipinski definition) is 0. The van der Waals surface area contributed by atoms with Gasteiger partial charge in [0.1, 0.15) is 5.60 Å². The van der Waals surface area contributed by atoms with Crippen molar-refractivity contribution in [2.45, 2.75) is 50.9 Å². The van der Waals surface area contributed by atoms with Crippen LogP contribution in [0.4, 0.5) is 9.18 Å². The molecule has 32 heavy (non-hydrogen) atoms. The van der Waals surface area contributed by atoms with Gasteiger partial charge >= 0.3 is 6.09 Å². The number of likely N-dealkylation sites (tertiary alicyclic amines) is 1. The lowest BCUT2D eigenvalue weighted by molar-refractivity contribution is -0.0266. The summed E-state index contributed by atoms with van der Waals surface area (Å²) in [5.74, 6) is 0.267. The first kappa shape index (κ1) is 20.9. The summed E-state index contributed by atoms with van der Waals surface area (Å²) < 4.78 is 33.6. The highest BCUT2D eigenvalue weighted by Crippen LogP contribution is 2.37. The first-order valence-electron chi connectivity index (χ1n) is 10.8. The molecule has 0 bridgehead atoms. The summed E-state index contributed by atoms with van der Waals surface area (Å²) >= 11 is 0. The molecule has 2 saturated heterocycles. The van der Waals surface area contributed by atoms with Crippen molar-refractivity contribution < 1.29 is 23.2 Å². The van der Waals surface area contributed by atoms with Crippen molar-refractivity contribution in [2.75, 3.05) is 26.3 Å². The fourth-order valence-electron chi connectivity index (χ4n) is 3.94. The van der Waals surface area contributed by atoms with Crippen molar-refractivity contribution in [1.82, 2.24) is 24.8 Å². The highest BCUT2D eigenvalue weighted by Gasteiger charge is 2.42. The minimum Gasteiger partial charge on any atom is -0.444 e. The van der Waals surface area contributed by atoms with Crippen LogP contribution in [0.15, 0.2) is 28.9 Å². The number of piperidine rings is 1. The van der Waals surface area contributed by atoms with Crippen LogP contribution in [-0.2, 0) is 15.1 Å². The summed E-state index contributed by atoms with van der Waals surface area (Å²) in [6, 6.07) is 5.93. The third-order valence-corrected chi connectivity index (χ3v) is 5.85. The Hall–Kier alpha value is -3.01. The van der Waals surface area contributed by atoms with Crippen LogP contribution in [0.25, 0.3) is 22.4 Å². The van der Waals surface area contributed by atoms with E-state index in [1.165, 1.54) is 4.90 Å². The van der Waals surface area contributed by atoms with E-state index in [0.29, 0.717) is 18.8 Å². The molecule has 9 nitrogen and oxygen atoms in total. The van der Waals surface area contributed by atoms with Crippen LogP contribution in [-0.4, -0.2) is 62.8 Å². The second-order valence-electron chi connectivity index (χ2n) is 9.41. The van der Waals surface area contributed by atoms with Gasteiger partial charge in [-0.1, -0.05) is 11.2 Å². The Morgan fingerprint density at radius 1 is 1.25 bits per heavy atom. The molecule has 4 heterocycles. The van der Waals surface area contributed by atoms with E-state index in [4.69, 9.17) is 14.0 Å². The third-order valence-electron chi connectivity index (χ3n) is 5.85. The highest BCUT2D eigenvalue weighted by molar-refractivity contribution is 5.83. The van der Waals surface area contributed by atoms with Gasteiger partial charge < -0.3 is 18.9 Å². The monoisotopic (exact) mass is 443 g/mol. The topological polar surface area (TPSA) is 95.5 Å². The number of carbonyl (C=O) groups excluding carboxylic acids is 1. The van der Waals surface area contributed by atoms with Crippen LogP contribution < -0.4 is 0 Å². The molecule has 2 aliphatic heterocycles. The molecule has 10 heteroatoms. The zero-order valence-corrected chi connectivity index (χ0v) is 18.4. The second-order valence-corrected chi connectivity index (χ2v) is 9.41. The van der Waals surface area contributed by atoms with Crippen LogP contribution in [0.1, 0.15) is 45.5 Å². The molecule has 2 aliphatic rings. The van der Waals surface area contributed by atoms with E-state index in [1.807, 2.05) is 29.1 Å². The molecule has 1 aromatic carbocycles. The summed E-state index contributed by atoms with van der Waals surface area (Å²) in [5.41, 5.74) is -0.703. The molecule has 2 fully saturated rings. The molecule has 3 aromatic rings. The molecule has 2 aromatic heterocycles. The Kier molecular flexibility index (Phi) is 4.92. The first-order chi connectivity index (χ1) is 15.2. The number of halogens is 1. The Balaban J connectivity index is 1.32. The summed E-state index contributed by atoms with van der Waals surface area (Å²) in [6.45, 7) is 7.14. The quantitative estimate of drug-likeness (QED) is 0.607. The maximum Gasteiger partial charge on any atom is 0.410 e. The van der Waals surface area contributed by atoms with E-state index in [9.17, 15) is 4.79 Å². The van der Waals surface area contributed by atoms with Crippen LogP contribution in [0, 0.1) is 0 Å². The number of nitrogens with zero attached hydrogens (tertiary/aromatic N) is 5. The number of amides is 1. The number of rotatable bonds is 3. The Morgan fingerprint density at radius 3 is 2.66 bits per heavy atom. The summed E-state index contributed by atoms with van der Waals surface area (Å²) in [4.78, 5) is 18.1. The van der Waals surface area contributed by atoms with Gasteiger partial charge in [-0.3, -0.25) is 4.68 Å². The number of ether oxygens (including phenoxy) is 2. The van der Waals surface area contributed by atoms with Gasteiger partial charge in [0.25, 0.3) is 5.89 Å². The normalized spacial score (nSPS) is 19.2. The van der Waals surface area contributed by atoms with Gasteiger partial charge in [0, 0.05) is 36.9 Å². The molecule has 0 N–H and O–H groups in total. The van der Waals surface area contributed by atoms with Crippen molar-refractivity contribution in [3.63, 3.8) is 0 Å². The lowest BCUT2D eigenvalue weighted by Crippen LogP contribution is -2.45. The van der Waals surface area contributed by atoms with Gasteiger partial charge in [-0.2, -0.15) is 10.1 Å². The van der Waals surface area contributed by atoms with Crippen LogP contribution in [0.3, 0.4) is 0 Å². The van der Waals surface area contributed by atoms with E-state index in [2.05, 4.69) is 15.2 Å². The number of aromatic nitrogens is 4. The molecular formula is C22H26FN5O4. The molecule has 5 rings (SSSR count). The maximum atomic E-state index is 15.6. The largest absolute Gasteiger partial charge is 0.444 e. The van der Waals surface area contributed by atoms with Crippen LogP contribution >= 0.6 is 0 Å². The fraction of sp³-hybridized carbons (Fsp3) is 0.545. The van der Waals surface area contributed by atoms with Gasteiger partial charge in [-0.15, -0.1) is 0 Å². The molecular weight excluding hydrogens is 417 g/mol. The van der Waals surface area contributed by atoms with E-state index >= 15 is 4.39 Å². The number of fused-ring (bicyclic) bond motifs is 1. The highest BCUT2D eigenvalue weighted by atomic mass is 19.1. The molecule has 0 atom stereocenters. The van der Waals surface area contributed by atoms with Crippen molar-refractivity contribution in [2.24, 2.45) is 0 Å². The zero-order chi connectivity index (χ0) is 22.5. The van der Waals surface area contributed by atoms with Gasteiger partial charge in [0.2, 0.25) is 5.82 Å². The molecule has 0 spiro atoms. The summed E-state index contributed by atoms with van der Waals surface area (Å²) in [5, 5.41) is 9.38. The van der Waals surface area contributed by atoms with Crippen LogP contribution in [0.5, 0.6) is 0 Å². The van der Waals surface area contributed by atoms with Gasteiger partial charge in [-0.25, -0.2) is 9.18 Å². The SMILES string of the molecule is CC(C)(C)OC(=O)N1CCC(F)(c2noc(-c3ccc4cnn(C5COC5)c4c3)n2)CC1. The van der Waals surface area contributed by atoms with E-state index in [1.54, 1.807) is 20.8 Å². The predicted octanol–water partition coefficient (Wildman–Crippen LogP) is 3.85. The van der Waals surface area contributed by atoms with E-state index in [0.717, 1.165) is 10.9 Å². The standard InChI is InChI=1S/C22H26FN5O4/c1-21(2,3)31-20(29)27-8-6-22(23,7-9-27)19-25-18(32-26-19)14-4-5-15-11-24-28(17(15)10-14)16-12-30-13-16/h4-5,10-11,16H,6-9,12-13H2,1-3H3. The third kappa shape index (κ3) is 3.83. The summed E-state index contributed by atoms with van der Waals surface area (Å²) in [6.07, 6.45) is 1.54. The van der Waals surface area contributed by atoms with Gasteiger partial charge in [-0.05, 0) is 32.9 Å². The number of benzene rings is 1. The number of hydrogen-bond acceptors (Lipinski definition) is 7. The first-order valence-corrected chi connectivity index (χ1v) is 10.8. The van der Waals surface area contributed by atoms with Crippen molar-refractivity contribution in [3.05, 3.63) is 30.2 Å². The average Bonchev–Trinajstić information content (AvgIpc) is 3.34. The molecule has 0 aliphatic carbocycles. The van der Waals surface area contributed by atoms with Crippen molar-refractivity contribution >= 4 is 17.0 Å². The molecule has 0 saturated carbocycles. The number of carbonyl (C=O) groups is 1. The lowest BCUT2D eigenvalue weighted by Gasteiger charge is -2.35. The Labute approximate surface area is 184 Å². The van der Waals surface area contributed by atoms with Gasteiger partial charge in [0.15, 0.2) is 5.67 Å². The average molecular weight is 443 g/mol.